The first-order chi connectivity index (χ1) is 16.9. The maximum absolute atomic E-state index is 12.7. The van der Waals surface area contributed by atoms with Crippen LogP contribution in [0, 0.1) is 6.92 Å². The first-order valence-electron chi connectivity index (χ1n) is 11.9. The van der Waals surface area contributed by atoms with Crippen molar-refractivity contribution in [2.45, 2.75) is 69.5 Å². The summed E-state index contributed by atoms with van der Waals surface area (Å²) in [5.74, 6) is 1.13. The molecule has 0 saturated carbocycles. The molecule has 0 bridgehead atoms. The zero-order valence-corrected chi connectivity index (χ0v) is 22.8. The molecule has 5 rings (SSSR count). The minimum absolute atomic E-state index is 0.0679. The second kappa shape index (κ2) is 10.1. The number of thiophene rings is 1. The topological polar surface area (TPSA) is 81.4 Å². The molecule has 3 aromatic heterocycles. The Labute approximate surface area is 217 Å². The molecule has 1 atom stereocenters. The van der Waals surface area contributed by atoms with Gasteiger partial charge < -0.3 is 10.1 Å². The second-order valence-electron chi connectivity index (χ2n) is 8.99. The summed E-state index contributed by atoms with van der Waals surface area (Å²) in [6.45, 7) is 9.10. The SMILES string of the molecule is CCCSc1nc2sc3c(c2c2nnc(SCC(=O)Nc4ccccc4C)n12)C[C@@](C)(CC)OC3. The van der Waals surface area contributed by atoms with E-state index in [4.69, 9.17) is 9.72 Å². The Hall–Kier alpha value is -2.14. The number of anilines is 1. The summed E-state index contributed by atoms with van der Waals surface area (Å²) in [6, 6.07) is 7.78. The molecule has 0 saturated heterocycles. The summed E-state index contributed by atoms with van der Waals surface area (Å²) in [5, 5.41) is 14.8. The van der Waals surface area contributed by atoms with Crippen LogP contribution in [0.15, 0.2) is 34.6 Å². The molecule has 4 heterocycles. The molecule has 0 radical (unpaired) electrons. The number of nitrogens with one attached hydrogen (secondary N) is 1. The molecule has 0 fully saturated rings. The highest BCUT2D eigenvalue weighted by molar-refractivity contribution is 8.00. The van der Waals surface area contributed by atoms with Gasteiger partial charge in [-0.3, -0.25) is 4.79 Å². The molecule has 1 aliphatic rings. The van der Waals surface area contributed by atoms with E-state index in [-0.39, 0.29) is 17.3 Å². The van der Waals surface area contributed by atoms with Gasteiger partial charge in [-0.1, -0.05) is 55.6 Å². The fourth-order valence-electron chi connectivity index (χ4n) is 4.16. The number of thioether (sulfide) groups is 2. The highest BCUT2D eigenvalue weighted by atomic mass is 32.2. The summed E-state index contributed by atoms with van der Waals surface area (Å²) < 4.78 is 8.23. The number of hydrogen-bond acceptors (Lipinski definition) is 8. The van der Waals surface area contributed by atoms with E-state index in [1.807, 2.05) is 35.6 Å². The van der Waals surface area contributed by atoms with Gasteiger partial charge in [-0.25, -0.2) is 9.38 Å². The third kappa shape index (κ3) is 4.81. The number of amides is 1. The molecule has 1 amide bonds. The molecule has 7 nitrogen and oxygen atoms in total. The monoisotopic (exact) mass is 527 g/mol. The smallest absolute Gasteiger partial charge is 0.234 e. The summed E-state index contributed by atoms with van der Waals surface area (Å²) in [5.41, 5.74) is 3.80. The maximum atomic E-state index is 12.7. The Morgan fingerprint density at radius 2 is 2.06 bits per heavy atom. The van der Waals surface area contributed by atoms with Gasteiger partial charge in [0.15, 0.2) is 16.0 Å². The third-order valence-electron chi connectivity index (χ3n) is 6.35. The predicted molar refractivity (Wildman–Crippen MR) is 145 cm³/mol. The minimum atomic E-state index is -0.182. The average Bonchev–Trinajstić information content (AvgIpc) is 3.43. The van der Waals surface area contributed by atoms with E-state index in [9.17, 15) is 4.79 Å². The van der Waals surface area contributed by atoms with Crippen LogP contribution in [0.25, 0.3) is 15.9 Å². The van der Waals surface area contributed by atoms with Crippen LogP contribution in [0.4, 0.5) is 5.69 Å². The third-order valence-corrected chi connectivity index (χ3v) is 9.53. The van der Waals surface area contributed by atoms with E-state index in [0.29, 0.717) is 11.8 Å². The number of aryl methyl sites for hydroxylation is 1. The van der Waals surface area contributed by atoms with E-state index >= 15 is 0 Å². The van der Waals surface area contributed by atoms with E-state index < -0.39 is 0 Å². The van der Waals surface area contributed by atoms with Gasteiger partial charge in [0.1, 0.15) is 4.83 Å². The molecule has 1 aromatic carbocycles. The molecule has 0 aliphatic carbocycles. The lowest BCUT2D eigenvalue weighted by molar-refractivity contribution is -0.113. The lowest BCUT2D eigenvalue weighted by Crippen LogP contribution is -2.33. The van der Waals surface area contributed by atoms with Crippen LogP contribution in [-0.2, 0) is 22.6 Å². The number of hydrogen-bond donors (Lipinski definition) is 1. The van der Waals surface area contributed by atoms with Gasteiger partial charge in [-0.2, -0.15) is 0 Å². The fraction of sp³-hybridized carbons (Fsp3) is 0.440. The zero-order valence-electron chi connectivity index (χ0n) is 20.4. The van der Waals surface area contributed by atoms with Crippen molar-refractivity contribution < 1.29 is 9.53 Å². The summed E-state index contributed by atoms with van der Waals surface area (Å²) in [7, 11) is 0. The average molecular weight is 528 g/mol. The normalized spacial score (nSPS) is 17.7. The van der Waals surface area contributed by atoms with Gasteiger partial charge in [-0.05, 0) is 43.9 Å². The van der Waals surface area contributed by atoms with Gasteiger partial charge in [0.05, 0.1) is 23.3 Å². The van der Waals surface area contributed by atoms with Crippen LogP contribution in [0.3, 0.4) is 0 Å². The van der Waals surface area contributed by atoms with Crippen LogP contribution < -0.4 is 5.32 Å². The first-order valence-corrected chi connectivity index (χ1v) is 14.7. The Balaban J connectivity index is 1.50. The van der Waals surface area contributed by atoms with Crippen molar-refractivity contribution in [3.8, 4) is 0 Å². The minimum Gasteiger partial charge on any atom is -0.369 e. The lowest BCUT2D eigenvalue weighted by atomic mass is 9.90. The van der Waals surface area contributed by atoms with E-state index in [1.54, 1.807) is 23.1 Å². The molecule has 1 N–H and O–H groups in total. The van der Waals surface area contributed by atoms with Crippen LogP contribution in [0.2, 0.25) is 0 Å². The van der Waals surface area contributed by atoms with Crippen LogP contribution >= 0.6 is 34.9 Å². The van der Waals surface area contributed by atoms with Crippen molar-refractivity contribution in [1.29, 1.82) is 0 Å². The van der Waals surface area contributed by atoms with Crippen molar-refractivity contribution in [3.05, 3.63) is 40.3 Å². The maximum Gasteiger partial charge on any atom is 0.234 e. The second-order valence-corrected chi connectivity index (χ2v) is 12.1. The zero-order chi connectivity index (χ0) is 24.6. The van der Waals surface area contributed by atoms with Gasteiger partial charge in [0.2, 0.25) is 5.91 Å². The van der Waals surface area contributed by atoms with Crippen molar-refractivity contribution in [2.75, 3.05) is 16.8 Å². The number of fused-ring (bicyclic) bond motifs is 5. The number of aromatic nitrogens is 4. The van der Waals surface area contributed by atoms with E-state index in [1.165, 1.54) is 22.2 Å². The Morgan fingerprint density at radius 3 is 2.83 bits per heavy atom. The highest BCUT2D eigenvalue weighted by Crippen LogP contribution is 2.42. The number of carbonyl (C=O) groups excluding carboxylic acids is 1. The number of para-hydroxylation sites is 1. The highest BCUT2D eigenvalue weighted by Gasteiger charge is 2.33. The van der Waals surface area contributed by atoms with Crippen LogP contribution in [0.5, 0.6) is 0 Å². The largest absolute Gasteiger partial charge is 0.369 e. The molecule has 184 valence electrons. The standard InChI is InChI=1S/C25H29N5O2S3/c1-5-11-33-23-27-22-20(16-12-25(4,6-2)32-13-18(16)35-22)21-28-29-24(30(21)23)34-14-19(31)26-17-10-8-7-9-15(17)3/h7-10H,5-6,11-14H2,1-4H3,(H,26,31)/t25-/m1/s1. The summed E-state index contributed by atoms with van der Waals surface area (Å²) >= 11 is 4.80. The van der Waals surface area contributed by atoms with E-state index in [0.717, 1.165) is 57.3 Å². The number of nitrogens with zero attached hydrogens (tertiary/aromatic N) is 4. The summed E-state index contributed by atoms with van der Waals surface area (Å²) in [4.78, 5) is 20.0. The quantitative estimate of drug-likeness (QED) is 0.218. The fourth-order valence-corrected chi connectivity index (χ4v) is 6.95. The van der Waals surface area contributed by atoms with Gasteiger partial charge in [0, 0.05) is 22.7 Å². The van der Waals surface area contributed by atoms with Gasteiger partial charge in [0.25, 0.3) is 0 Å². The molecule has 0 unspecified atom stereocenters. The predicted octanol–water partition coefficient (Wildman–Crippen LogP) is 6.12. The molecule has 1 aliphatic heterocycles. The van der Waals surface area contributed by atoms with Crippen molar-refractivity contribution in [2.24, 2.45) is 0 Å². The number of benzene rings is 1. The van der Waals surface area contributed by atoms with Gasteiger partial charge >= 0.3 is 0 Å². The van der Waals surface area contributed by atoms with Crippen molar-refractivity contribution >= 4 is 62.3 Å². The van der Waals surface area contributed by atoms with Crippen molar-refractivity contribution in [1.82, 2.24) is 19.6 Å². The lowest BCUT2D eigenvalue weighted by Gasteiger charge is -2.33. The Bertz CT molecular complexity index is 1400. The van der Waals surface area contributed by atoms with Crippen LogP contribution in [0.1, 0.15) is 49.6 Å². The molecule has 10 heteroatoms. The van der Waals surface area contributed by atoms with Gasteiger partial charge in [-0.15, -0.1) is 21.5 Å². The van der Waals surface area contributed by atoms with Crippen LogP contribution in [-0.4, -0.2) is 42.6 Å². The molecular formula is C25H29N5O2S3. The number of ether oxygens (including phenoxy) is 1. The first kappa shape index (κ1) is 24.5. The molecule has 35 heavy (non-hydrogen) atoms. The molecular weight excluding hydrogens is 499 g/mol. The van der Waals surface area contributed by atoms with E-state index in [2.05, 4.69) is 36.3 Å². The number of rotatable bonds is 8. The summed E-state index contributed by atoms with van der Waals surface area (Å²) in [6.07, 6.45) is 2.83. The molecule has 0 spiro atoms. The van der Waals surface area contributed by atoms with Crippen molar-refractivity contribution in [3.63, 3.8) is 0 Å². The Morgan fingerprint density at radius 1 is 1.23 bits per heavy atom. The molecule has 4 aromatic rings. The Kier molecular flexibility index (Phi) is 7.07. The number of carbonyl (C=O) groups is 1.